The summed E-state index contributed by atoms with van der Waals surface area (Å²) in [6.45, 7) is 2.48. The van der Waals surface area contributed by atoms with Gasteiger partial charge in [0.05, 0.1) is 32.0 Å². The van der Waals surface area contributed by atoms with E-state index in [0.717, 1.165) is 29.1 Å². The van der Waals surface area contributed by atoms with Gasteiger partial charge in [-0.1, -0.05) is 18.2 Å². The summed E-state index contributed by atoms with van der Waals surface area (Å²) in [6, 6.07) is 13.6. The van der Waals surface area contributed by atoms with Gasteiger partial charge in [-0.25, -0.2) is 0 Å². The molecular formula is C27H30N4O4. The van der Waals surface area contributed by atoms with Gasteiger partial charge in [-0.3, -0.25) is 14.6 Å². The molecule has 0 aliphatic carbocycles. The van der Waals surface area contributed by atoms with Gasteiger partial charge in [0.15, 0.2) is 5.78 Å². The molecule has 182 valence electrons. The van der Waals surface area contributed by atoms with Crippen molar-refractivity contribution in [3.05, 3.63) is 59.3 Å². The summed E-state index contributed by atoms with van der Waals surface area (Å²) in [5.41, 5.74) is 3.34. The summed E-state index contributed by atoms with van der Waals surface area (Å²) in [6.07, 6.45) is 1.95. The molecule has 0 radical (unpaired) electrons. The van der Waals surface area contributed by atoms with Crippen LogP contribution >= 0.6 is 0 Å². The molecule has 2 aromatic carbocycles. The van der Waals surface area contributed by atoms with Gasteiger partial charge in [0.25, 0.3) is 0 Å². The van der Waals surface area contributed by atoms with E-state index in [1.54, 1.807) is 39.2 Å². The summed E-state index contributed by atoms with van der Waals surface area (Å²) < 4.78 is 11.1. The fourth-order valence-electron chi connectivity index (χ4n) is 5.54. The first-order chi connectivity index (χ1) is 16.9. The van der Waals surface area contributed by atoms with Gasteiger partial charge >= 0.3 is 0 Å². The monoisotopic (exact) mass is 474 g/mol. The van der Waals surface area contributed by atoms with E-state index < -0.39 is 5.54 Å². The van der Waals surface area contributed by atoms with Gasteiger partial charge in [0.1, 0.15) is 22.9 Å². The van der Waals surface area contributed by atoms with Gasteiger partial charge in [-0.15, -0.1) is 0 Å². The van der Waals surface area contributed by atoms with E-state index in [1.165, 1.54) is 0 Å². The number of carbonyl (C=O) groups excluding carboxylic acids is 2. The Morgan fingerprint density at radius 3 is 2.46 bits per heavy atom. The Morgan fingerprint density at radius 1 is 1.11 bits per heavy atom. The van der Waals surface area contributed by atoms with Gasteiger partial charge < -0.3 is 24.6 Å². The van der Waals surface area contributed by atoms with Crippen molar-refractivity contribution in [2.75, 3.05) is 44.6 Å². The van der Waals surface area contributed by atoms with Crippen molar-refractivity contribution in [1.29, 1.82) is 0 Å². The Morgan fingerprint density at radius 2 is 1.83 bits per heavy atom. The highest BCUT2D eigenvalue weighted by atomic mass is 16.5. The molecule has 1 N–H and O–H groups in total. The largest absolute Gasteiger partial charge is 0.497 e. The van der Waals surface area contributed by atoms with Crippen molar-refractivity contribution in [2.24, 2.45) is 4.99 Å². The molecule has 0 saturated carbocycles. The molecule has 2 saturated heterocycles. The minimum Gasteiger partial charge on any atom is -0.497 e. The van der Waals surface area contributed by atoms with Gasteiger partial charge in [0, 0.05) is 56.5 Å². The molecule has 1 amide bonds. The lowest BCUT2D eigenvalue weighted by Crippen LogP contribution is -2.61. The topological polar surface area (TPSA) is 83.5 Å². The summed E-state index contributed by atoms with van der Waals surface area (Å²) in [5, 5.41) is 3.47. The minimum atomic E-state index is -0.963. The SMILES string of the molecule is CN=C1C(=C2Cc3ccccc3N2)C(=O)C2(CCCN(C(C)=O)C2)N1c1cc(OC)cc(OC)c1. The number of nitrogens with one attached hydrogen (secondary N) is 1. The first-order valence-electron chi connectivity index (χ1n) is 11.8. The van der Waals surface area contributed by atoms with Crippen LogP contribution in [0.4, 0.5) is 11.4 Å². The average molecular weight is 475 g/mol. The number of hydrogen-bond acceptors (Lipinski definition) is 6. The standard InChI is InChI=1S/C27H30N4O4/c1-17(32)30-11-7-10-27(16-30)25(33)24(23-12-18-8-5-6-9-22(18)29-23)26(28-2)31(27)19-13-20(34-3)15-21(14-19)35-4/h5-6,8-9,13-15,29H,7,10-12,16H2,1-4H3. The van der Waals surface area contributed by atoms with Crippen LogP contribution in [0.25, 0.3) is 0 Å². The number of methoxy groups -OCH3 is 2. The number of ketones is 1. The number of likely N-dealkylation sites (tertiary alicyclic amines) is 1. The zero-order valence-electron chi connectivity index (χ0n) is 20.6. The highest BCUT2D eigenvalue weighted by Crippen LogP contribution is 2.45. The van der Waals surface area contributed by atoms with E-state index in [9.17, 15) is 9.59 Å². The predicted octanol–water partition coefficient (Wildman–Crippen LogP) is 3.42. The number of nitrogens with zero attached hydrogens (tertiary/aromatic N) is 3. The molecular weight excluding hydrogens is 444 g/mol. The number of fused-ring (bicyclic) bond motifs is 1. The number of allylic oxidation sites excluding steroid dienone is 1. The zero-order valence-corrected chi connectivity index (χ0v) is 20.6. The van der Waals surface area contributed by atoms with Crippen LogP contribution in [-0.2, 0) is 16.0 Å². The van der Waals surface area contributed by atoms with Crippen LogP contribution in [0.15, 0.2) is 58.7 Å². The van der Waals surface area contributed by atoms with Crippen LogP contribution in [0, 0.1) is 0 Å². The average Bonchev–Trinajstić information content (AvgIpc) is 3.40. The second-order valence-electron chi connectivity index (χ2n) is 9.17. The van der Waals surface area contributed by atoms with Crippen LogP contribution in [0.1, 0.15) is 25.3 Å². The number of anilines is 2. The predicted molar refractivity (Wildman–Crippen MR) is 135 cm³/mol. The quantitative estimate of drug-likeness (QED) is 0.687. The first kappa shape index (κ1) is 23.0. The van der Waals surface area contributed by atoms with Crippen molar-refractivity contribution in [2.45, 2.75) is 31.7 Å². The Labute approximate surface area is 205 Å². The molecule has 3 heterocycles. The van der Waals surface area contributed by atoms with Crippen LogP contribution < -0.4 is 19.7 Å². The maximum Gasteiger partial charge on any atom is 0.219 e. The molecule has 3 aliphatic rings. The molecule has 2 fully saturated rings. The van der Waals surface area contributed by atoms with E-state index in [1.807, 2.05) is 35.2 Å². The number of rotatable bonds is 3. The number of amides is 1. The van der Waals surface area contributed by atoms with Gasteiger partial charge in [0.2, 0.25) is 5.91 Å². The third kappa shape index (κ3) is 3.64. The third-order valence-electron chi connectivity index (χ3n) is 7.21. The number of amidine groups is 1. The maximum absolute atomic E-state index is 14.4. The number of Topliss-reactive ketones (excluding diaryl/α,β-unsaturated/α-hetero) is 1. The Kier molecular flexibility index (Phi) is 5.75. The van der Waals surface area contributed by atoms with Crippen molar-refractivity contribution in [3.8, 4) is 11.5 Å². The Hall–Kier alpha value is -3.81. The number of hydrogen-bond donors (Lipinski definition) is 1. The number of para-hydroxylation sites is 1. The summed E-state index contributed by atoms with van der Waals surface area (Å²) in [5.74, 6) is 1.77. The molecule has 1 atom stereocenters. The highest BCUT2D eigenvalue weighted by Gasteiger charge is 2.58. The maximum atomic E-state index is 14.4. The summed E-state index contributed by atoms with van der Waals surface area (Å²) >= 11 is 0. The summed E-state index contributed by atoms with van der Waals surface area (Å²) in [4.78, 5) is 35.3. The molecule has 5 rings (SSSR count). The van der Waals surface area contributed by atoms with Crippen molar-refractivity contribution in [1.82, 2.24) is 4.90 Å². The Bertz CT molecular complexity index is 1220. The van der Waals surface area contributed by atoms with Crippen LogP contribution in [0.3, 0.4) is 0 Å². The number of benzene rings is 2. The number of aliphatic imine (C=N–C) groups is 1. The fraction of sp³-hybridized carbons (Fsp3) is 0.370. The normalized spacial score (nSPS) is 24.7. The molecule has 1 unspecified atom stereocenters. The molecule has 8 nitrogen and oxygen atoms in total. The zero-order chi connectivity index (χ0) is 24.7. The van der Waals surface area contributed by atoms with Crippen LogP contribution in [0.2, 0.25) is 0 Å². The van der Waals surface area contributed by atoms with Gasteiger partial charge in [-0.05, 0) is 24.5 Å². The lowest BCUT2D eigenvalue weighted by Gasteiger charge is -2.44. The lowest BCUT2D eigenvalue weighted by molar-refractivity contribution is -0.132. The van der Waals surface area contributed by atoms with Crippen molar-refractivity contribution >= 4 is 28.9 Å². The molecule has 1 spiro atoms. The van der Waals surface area contributed by atoms with Crippen molar-refractivity contribution in [3.63, 3.8) is 0 Å². The fourth-order valence-corrected chi connectivity index (χ4v) is 5.54. The molecule has 35 heavy (non-hydrogen) atoms. The molecule has 3 aliphatic heterocycles. The van der Waals surface area contributed by atoms with Crippen LogP contribution in [-0.4, -0.2) is 62.3 Å². The molecule has 2 aromatic rings. The van der Waals surface area contributed by atoms with E-state index in [4.69, 9.17) is 9.47 Å². The molecule has 8 heteroatoms. The van der Waals surface area contributed by atoms with Crippen molar-refractivity contribution < 1.29 is 19.1 Å². The van der Waals surface area contributed by atoms with E-state index in [0.29, 0.717) is 48.8 Å². The molecule has 0 aromatic heterocycles. The number of piperidine rings is 1. The summed E-state index contributed by atoms with van der Waals surface area (Å²) in [7, 11) is 4.91. The van der Waals surface area contributed by atoms with E-state index in [2.05, 4.69) is 16.4 Å². The lowest BCUT2D eigenvalue weighted by atomic mass is 9.83. The number of carbonyl (C=O) groups is 2. The molecule has 0 bridgehead atoms. The number of ether oxygens (including phenoxy) is 2. The van der Waals surface area contributed by atoms with Crippen LogP contribution in [0.5, 0.6) is 11.5 Å². The minimum absolute atomic E-state index is 0.0128. The highest BCUT2D eigenvalue weighted by molar-refractivity contribution is 6.38. The Balaban J connectivity index is 1.71. The first-order valence-corrected chi connectivity index (χ1v) is 11.8. The van der Waals surface area contributed by atoms with E-state index in [-0.39, 0.29) is 11.7 Å². The second kappa shape index (κ2) is 8.76. The second-order valence-corrected chi connectivity index (χ2v) is 9.17. The third-order valence-corrected chi connectivity index (χ3v) is 7.21. The van der Waals surface area contributed by atoms with Gasteiger partial charge in [-0.2, -0.15) is 0 Å². The van der Waals surface area contributed by atoms with E-state index >= 15 is 0 Å². The smallest absolute Gasteiger partial charge is 0.219 e.